The van der Waals surface area contributed by atoms with E-state index in [1.54, 1.807) is 12.1 Å². The molecule has 1 atom stereocenters. The molecule has 0 saturated carbocycles. The Morgan fingerprint density at radius 2 is 2.11 bits per heavy atom. The summed E-state index contributed by atoms with van der Waals surface area (Å²) in [6, 6.07) is 6.26. The fourth-order valence-corrected chi connectivity index (χ4v) is 1.66. The van der Waals surface area contributed by atoms with E-state index < -0.39 is 25.0 Å². The van der Waals surface area contributed by atoms with Gasteiger partial charge in [0.15, 0.2) is 0 Å². The first-order chi connectivity index (χ1) is 8.93. The largest absolute Gasteiger partial charge is 0.497 e. The number of alkyl halides is 2. The molecule has 4 nitrogen and oxygen atoms in total. The molecule has 1 rings (SSSR count). The minimum absolute atomic E-state index is 0.139. The molecule has 1 N–H and O–H groups in total. The van der Waals surface area contributed by atoms with Crippen LogP contribution in [-0.4, -0.2) is 48.6 Å². The molecule has 19 heavy (non-hydrogen) atoms. The summed E-state index contributed by atoms with van der Waals surface area (Å²) < 4.78 is 29.9. The minimum atomic E-state index is -2.65. The van der Waals surface area contributed by atoms with Gasteiger partial charge in [0.1, 0.15) is 5.75 Å². The van der Waals surface area contributed by atoms with Crippen molar-refractivity contribution in [3.63, 3.8) is 0 Å². The number of halogens is 2. The van der Waals surface area contributed by atoms with Crippen LogP contribution in [0.3, 0.4) is 0 Å². The number of benzene rings is 1. The number of aliphatic hydroxyl groups is 1. The lowest BCUT2D eigenvalue weighted by Crippen LogP contribution is -2.39. The summed E-state index contributed by atoms with van der Waals surface area (Å²) in [7, 11) is 1.45. The lowest BCUT2D eigenvalue weighted by molar-refractivity contribution is 0.0420. The predicted octanol–water partition coefficient (Wildman–Crippen LogP) is 1.78. The molecule has 0 aliphatic rings. The number of hydrogen-bond donors (Lipinski definition) is 1. The number of amides is 1. The first-order valence-corrected chi connectivity index (χ1v) is 5.83. The van der Waals surface area contributed by atoms with Gasteiger partial charge in [-0.1, -0.05) is 6.07 Å². The van der Waals surface area contributed by atoms with Gasteiger partial charge in [0.25, 0.3) is 12.3 Å². The van der Waals surface area contributed by atoms with Gasteiger partial charge in [-0.15, -0.1) is 0 Å². The van der Waals surface area contributed by atoms with E-state index >= 15 is 0 Å². The molecule has 1 aromatic rings. The Balaban J connectivity index is 2.90. The fraction of sp³-hybridized carbons (Fsp3) is 0.462. The zero-order valence-electron chi connectivity index (χ0n) is 10.8. The quantitative estimate of drug-likeness (QED) is 0.859. The number of rotatable bonds is 6. The Hall–Kier alpha value is -1.69. The summed E-state index contributed by atoms with van der Waals surface area (Å²) >= 11 is 0. The zero-order chi connectivity index (χ0) is 14.4. The van der Waals surface area contributed by atoms with Gasteiger partial charge < -0.3 is 14.7 Å². The summed E-state index contributed by atoms with van der Waals surface area (Å²) in [4.78, 5) is 13.0. The molecule has 0 bridgehead atoms. The third-order valence-corrected chi connectivity index (χ3v) is 2.45. The highest BCUT2D eigenvalue weighted by atomic mass is 19.3. The third kappa shape index (κ3) is 4.82. The molecule has 0 saturated heterocycles. The van der Waals surface area contributed by atoms with Crippen LogP contribution >= 0.6 is 0 Å². The number of methoxy groups -OCH3 is 1. The highest BCUT2D eigenvalue weighted by Crippen LogP contribution is 2.15. The molecule has 6 heteroatoms. The Morgan fingerprint density at radius 3 is 2.63 bits per heavy atom. The van der Waals surface area contributed by atoms with Gasteiger partial charge in [0, 0.05) is 12.1 Å². The molecule has 0 heterocycles. The highest BCUT2D eigenvalue weighted by molar-refractivity contribution is 5.94. The van der Waals surface area contributed by atoms with E-state index in [-0.39, 0.29) is 12.1 Å². The Labute approximate surface area is 110 Å². The Kier molecular flexibility index (Phi) is 5.69. The highest BCUT2D eigenvalue weighted by Gasteiger charge is 2.21. The number of nitrogens with zero attached hydrogens (tertiary/aromatic N) is 1. The molecular formula is C13H17F2NO3. The van der Waals surface area contributed by atoms with Crippen molar-refractivity contribution >= 4 is 5.91 Å². The summed E-state index contributed by atoms with van der Waals surface area (Å²) in [6.07, 6.45) is -3.51. The number of carbonyl (C=O) groups excluding carboxylic acids is 1. The first-order valence-electron chi connectivity index (χ1n) is 5.83. The van der Waals surface area contributed by atoms with E-state index in [1.807, 2.05) is 0 Å². The topological polar surface area (TPSA) is 49.8 Å². The molecule has 1 amide bonds. The van der Waals surface area contributed by atoms with Gasteiger partial charge in [-0.3, -0.25) is 4.79 Å². The molecule has 0 spiro atoms. The van der Waals surface area contributed by atoms with E-state index in [2.05, 4.69) is 0 Å². The van der Waals surface area contributed by atoms with Crippen LogP contribution in [0.25, 0.3) is 0 Å². The van der Waals surface area contributed by atoms with Crippen molar-refractivity contribution in [2.24, 2.45) is 0 Å². The molecule has 1 unspecified atom stereocenters. The van der Waals surface area contributed by atoms with Crippen molar-refractivity contribution in [1.82, 2.24) is 4.90 Å². The second kappa shape index (κ2) is 7.04. The van der Waals surface area contributed by atoms with Crippen LogP contribution in [-0.2, 0) is 0 Å². The van der Waals surface area contributed by atoms with Crippen LogP contribution in [0.1, 0.15) is 17.3 Å². The van der Waals surface area contributed by atoms with Crippen LogP contribution in [0.15, 0.2) is 24.3 Å². The van der Waals surface area contributed by atoms with Crippen molar-refractivity contribution in [2.45, 2.75) is 19.5 Å². The molecule has 0 aromatic heterocycles. The van der Waals surface area contributed by atoms with Crippen LogP contribution in [0.4, 0.5) is 8.78 Å². The van der Waals surface area contributed by atoms with Gasteiger partial charge in [0.05, 0.1) is 19.8 Å². The van der Waals surface area contributed by atoms with Crippen molar-refractivity contribution in [1.29, 1.82) is 0 Å². The van der Waals surface area contributed by atoms with E-state index in [1.165, 1.54) is 26.2 Å². The second-order valence-electron chi connectivity index (χ2n) is 4.18. The molecule has 0 aliphatic carbocycles. The fourth-order valence-electron chi connectivity index (χ4n) is 1.66. The van der Waals surface area contributed by atoms with Crippen molar-refractivity contribution in [3.05, 3.63) is 29.8 Å². The van der Waals surface area contributed by atoms with E-state index in [0.717, 1.165) is 4.90 Å². The van der Waals surface area contributed by atoms with Crippen LogP contribution in [0, 0.1) is 0 Å². The first kappa shape index (κ1) is 15.4. The van der Waals surface area contributed by atoms with Crippen LogP contribution in [0.2, 0.25) is 0 Å². The SMILES string of the molecule is COc1cccc(C(=O)N(CC(C)O)CC(F)F)c1. The standard InChI is InChI=1S/C13H17F2NO3/c1-9(17)7-16(8-12(14)15)13(18)10-4-3-5-11(6-10)19-2/h3-6,9,12,17H,7-8H2,1-2H3. The summed E-state index contributed by atoms with van der Waals surface area (Å²) in [5.74, 6) is -0.0833. The van der Waals surface area contributed by atoms with Gasteiger partial charge in [-0.2, -0.15) is 0 Å². The number of hydrogen-bond acceptors (Lipinski definition) is 3. The number of aliphatic hydroxyl groups excluding tert-OH is 1. The summed E-state index contributed by atoms with van der Waals surface area (Å²) in [5, 5.41) is 9.27. The van der Waals surface area contributed by atoms with Gasteiger partial charge in [0.2, 0.25) is 0 Å². The average Bonchev–Trinajstić information content (AvgIpc) is 2.36. The zero-order valence-corrected chi connectivity index (χ0v) is 10.8. The second-order valence-corrected chi connectivity index (χ2v) is 4.18. The monoisotopic (exact) mass is 273 g/mol. The average molecular weight is 273 g/mol. The number of carbonyl (C=O) groups is 1. The maximum absolute atomic E-state index is 12.5. The smallest absolute Gasteiger partial charge is 0.255 e. The summed E-state index contributed by atoms with van der Waals surface area (Å²) in [6.45, 7) is 0.596. The van der Waals surface area contributed by atoms with Gasteiger partial charge in [-0.05, 0) is 25.1 Å². The van der Waals surface area contributed by atoms with E-state index in [0.29, 0.717) is 5.75 Å². The van der Waals surface area contributed by atoms with Crippen molar-refractivity contribution in [3.8, 4) is 5.75 Å². The molecule has 0 fully saturated rings. The minimum Gasteiger partial charge on any atom is -0.497 e. The lowest BCUT2D eigenvalue weighted by atomic mass is 10.1. The Bertz CT molecular complexity index is 414. The maximum atomic E-state index is 12.5. The van der Waals surface area contributed by atoms with Crippen molar-refractivity contribution < 1.29 is 23.4 Å². The van der Waals surface area contributed by atoms with E-state index in [9.17, 15) is 18.7 Å². The maximum Gasteiger partial charge on any atom is 0.255 e. The molecular weight excluding hydrogens is 256 g/mol. The van der Waals surface area contributed by atoms with Gasteiger partial charge in [-0.25, -0.2) is 8.78 Å². The molecule has 0 radical (unpaired) electrons. The van der Waals surface area contributed by atoms with E-state index in [4.69, 9.17) is 4.74 Å². The third-order valence-electron chi connectivity index (χ3n) is 2.45. The van der Waals surface area contributed by atoms with Crippen molar-refractivity contribution in [2.75, 3.05) is 20.2 Å². The Morgan fingerprint density at radius 1 is 1.42 bits per heavy atom. The lowest BCUT2D eigenvalue weighted by Gasteiger charge is -2.23. The van der Waals surface area contributed by atoms with Crippen LogP contribution < -0.4 is 4.74 Å². The number of ether oxygens (including phenoxy) is 1. The molecule has 0 aliphatic heterocycles. The predicted molar refractivity (Wildman–Crippen MR) is 66.6 cm³/mol. The molecule has 1 aromatic carbocycles. The summed E-state index contributed by atoms with van der Waals surface area (Å²) in [5.41, 5.74) is 0.251. The van der Waals surface area contributed by atoms with Crippen LogP contribution in [0.5, 0.6) is 5.75 Å². The van der Waals surface area contributed by atoms with Gasteiger partial charge >= 0.3 is 0 Å². The molecule has 106 valence electrons. The normalized spacial score (nSPS) is 12.3.